The van der Waals surface area contributed by atoms with Gasteiger partial charge in [0.1, 0.15) is 11.4 Å². The third kappa shape index (κ3) is 4.42. The zero-order chi connectivity index (χ0) is 22.0. The van der Waals surface area contributed by atoms with Gasteiger partial charge in [0.15, 0.2) is 5.65 Å². The Morgan fingerprint density at radius 1 is 1.19 bits per heavy atom. The van der Waals surface area contributed by atoms with E-state index < -0.39 is 6.04 Å². The van der Waals surface area contributed by atoms with E-state index in [9.17, 15) is 9.59 Å². The fourth-order valence-electron chi connectivity index (χ4n) is 2.98. The van der Waals surface area contributed by atoms with Crippen LogP contribution in [0.3, 0.4) is 0 Å². The van der Waals surface area contributed by atoms with Gasteiger partial charge in [-0.2, -0.15) is 10.1 Å². The number of thioether (sulfide) groups is 1. The molecule has 4 aromatic rings. The number of aromatic amines is 1. The molecule has 0 saturated heterocycles. The zero-order valence-corrected chi connectivity index (χ0v) is 18.3. The second-order valence-electron chi connectivity index (χ2n) is 6.74. The van der Waals surface area contributed by atoms with Crippen LogP contribution in [-0.4, -0.2) is 38.0 Å². The molecule has 1 atom stereocenters. The Balaban J connectivity index is 1.57. The molecule has 158 valence electrons. The molecule has 0 aliphatic rings. The van der Waals surface area contributed by atoms with Gasteiger partial charge in [-0.1, -0.05) is 23.7 Å². The average molecular weight is 455 g/mol. The molecule has 8 nitrogen and oxygen atoms in total. The van der Waals surface area contributed by atoms with Crippen molar-refractivity contribution in [3.8, 4) is 5.69 Å². The van der Waals surface area contributed by atoms with Gasteiger partial charge in [-0.3, -0.25) is 14.6 Å². The first kappa shape index (κ1) is 21.0. The number of benzene rings is 2. The molecule has 0 bridgehead atoms. The lowest BCUT2D eigenvalue weighted by molar-refractivity contribution is -0.116. The Bertz CT molecular complexity index is 1300. The number of fused-ring (bicyclic) bond motifs is 1. The van der Waals surface area contributed by atoms with Crippen LogP contribution in [-0.2, 0) is 4.79 Å². The molecular formula is C21H19ClN6O2S. The van der Waals surface area contributed by atoms with Gasteiger partial charge in [0.25, 0.3) is 5.56 Å². The van der Waals surface area contributed by atoms with Crippen molar-refractivity contribution >= 4 is 51.9 Å². The zero-order valence-electron chi connectivity index (χ0n) is 16.7. The number of anilines is 2. The second kappa shape index (κ2) is 8.83. The number of hydrogen-bond acceptors (Lipinski definition) is 6. The second-order valence-corrected chi connectivity index (χ2v) is 8.03. The van der Waals surface area contributed by atoms with E-state index in [0.29, 0.717) is 27.4 Å². The van der Waals surface area contributed by atoms with Crippen molar-refractivity contribution in [2.45, 2.75) is 17.9 Å². The number of H-pyrrole nitrogens is 1. The topological polar surface area (TPSA) is 105 Å². The molecule has 1 amide bonds. The van der Waals surface area contributed by atoms with E-state index in [1.807, 2.05) is 36.6 Å². The summed E-state index contributed by atoms with van der Waals surface area (Å²) in [5.41, 5.74) is 1.25. The summed E-state index contributed by atoms with van der Waals surface area (Å²) in [6.07, 6.45) is 3.42. The molecule has 3 N–H and O–H groups in total. The monoisotopic (exact) mass is 454 g/mol. The van der Waals surface area contributed by atoms with Crippen molar-refractivity contribution in [3.63, 3.8) is 0 Å². The van der Waals surface area contributed by atoms with Crippen molar-refractivity contribution in [2.24, 2.45) is 0 Å². The Labute approximate surface area is 187 Å². The largest absolute Gasteiger partial charge is 0.344 e. The van der Waals surface area contributed by atoms with E-state index >= 15 is 0 Å². The van der Waals surface area contributed by atoms with Gasteiger partial charge >= 0.3 is 0 Å². The van der Waals surface area contributed by atoms with Crippen LogP contribution in [0.4, 0.5) is 11.6 Å². The number of amides is 1. The van der Waals surface area contributed by atoms with Crippen LogP contribution in [0.5, 0.6) is 0 Å². The minimum Gasteiger partial charge on any atom is -0.344 e. The summed E-state index contributed by atoms with van der Waals surface area (Å²) < 4.78 is 1.50. The van der Waals surface area contributed by atoms with E-state index in [-0.39, 0.29) is 17.4 Å². The van der Waals surface area contributed by atoms with Crippen LogP contribution < -0.4 is 16.2 Å². The van der Waals surface area contributed by atoms with Crippen molar-refractivity contribution in [2.75, 3.05) is 16.9 Å². The highest BCUT2D eigenvalue weighted by molar-refractivity contribution is 7.98. The SMILES string of the molecule is CSc1ccc(NC(=O)C(C)Nc2nc3c(cnn3-c3ccccc3Cl)c(=O)[nH]2)cc1. The predicted molar refractivity (Wildman–Crippen MR) is 124 cm³/mol. The molecule has 0 spiro atoms. The molecular weight excluding hydrogens is 436 g/mol. The molecule has 10 heteroatoms. The van der Waals surface area contributed by atoms with Gasteiger partial charge < -0.3 is 10.6 Å². The van der Waals surface area contributed by atoms with Crippen molar-refractivity contribution in [1.29, 1.82) is 0 Å². The van der Waals surface area contributed by atoms with E-state index in [4.69, 9.17) is 11.6 Å². The summed E-state index contributed by atoms with van der Waals surface area (Å²) in [6.45, 7) is 1.68. The van der Waals surface area contributed by atoms with Gasteiger partial charge in [0.05, 0.1) is 16.9 Å². The van der Waals surface area contributed by atoms with Gasteiger partial charge in [0, 0.05) is 10.6 Å². The number of carbonyl (C=O) groups is 1. The Hall–Kier alpha value is -3.30. The van der Waals surface area contributed by atoms with Gasteiger partial charge in [0.2, 0.25) is 11.9 Å². The first-order chi connectivity index (χ1) is 15.0. The molecule has 2 heterocycles. The van der Waals surface area contributed by atoms with Crippen LogP contribution in [0, 0.1) is 0 Å². The molecule has 0 aliphatic heterocycles. The van der Waals surface area contributed by atoms with Crippen LogP contribution >= 0.6 is 23.4 Å². The van der Waals surface area contributed by atoms with E-state index in [1.54, 1.807) is 36.9 Å². The number of nitrogens with one attached hydrogen (secondary N) is 3. The first-order valence-electron chi connectivity index (χ1n) is 9.40. The lowest BCUT2D eigenvalue weighted by Crippen LogP contribution is -2.33. The number of rotatable bonds is 6. The fraction of sp³-hybridized carbons (Fsp3) is 0.143. The van der Waals surface area contributed by atoms with Crippen LogP contribution in [0.25, 0.3) is 16.7 Å². The van der Waals surface area contributed by atoms with E-state index in [1.165, 1.54) is 10.9 Å². The van der Waals surface area contributed by atoms with Crippen molar-refractivity contribution in [1.82, 2.24) is 19.7 Å². The summed E-state index contributed by atoms with van der Waals surface area (Å²) in [7, 11) is 0. The summed E-state index contributed by atoms with van der Waals surface area (Å²) in [4.78, 5) is 33.3. The van der Waals surface area contributed by atoms with E-state index in [2.05, 4.69) is 25.7 Å². The Kier molecular flexibility index (Phi) is 5.97. The molecule has 0 fully saturated rings. The highest BCUT2D eigenvalue weighted by Gasteiger charge is 2.17. The van der Waals surface area contributed by atoms with Crippen molar-refractivity contribution < 1.29 is 4.79 Å². The lowest BCUT2D eigenvalue weighted by Gasteiger charge is -2.15. The maximum atomic E-state index is 12.6. The third-order valence-corrected chi connectivity index (χ3v) is 5.69. The number of nitrogens with zero attached hydrogens (tertiary/aromatic N) is 3. The van der Waals surface area contributed by atoms with E-state index in [0.717, 1.165) is 4.90 Å². The molecule has 0 aliphatic carbocycles. The normalized spacial score (nSPS) is 12.0. The summed E-state index contributed by atoms with van der Waals surface area (Å²) in [5, 5.41) is 10.8. The number of para-hydroxylation sites is 1. The summed E-state index contributed by atoms with van der Waals surface area (Å²) in [6, 6.07) is 14.0. The van der Waals surface area contributed by atoms with Crippen LogP contribution in [0.15, 0.2) is 64.4 Å². The summed E-state index contributed by atoms with van der Waals surface area (Å²) in [5.74, 6) is -0.106. The van der Waals surface area contributed by atoms with Gasteiger partial charge in [-0.05, 0) is 49.6 Å². The fourth-order valence-corrected chi connectivity index (χ4v) is 3.61. The number of halogens is 1. The summed E-state index contributed by atoms with van der Waals surface area (Å²) >= 11 is 7.90. The maximum Gasteiger partial charge on any atom is 0.263 e. The van der Waals surface area contributed by atoms with Crippen molar-refractivity contribution in [3.05, 3.63) is 70.1 Å². The third-order valence-electron chi connectivity index (χ3n) is 4.62. The number of aromatic nitrogens is 4. The molecule has 0 radical (unpaired) electrons. The Morgan fingerprint density at radius 3 is 2.65 bits per heavy atom. The molecule has 2 aromatic heterocycles. The average Bonchev–Trinajstić information content (AvgIpc) is 3.19. The van der Waals surface area contributed by atoms with Crippen LogP contribution in [0.1, 0.15) is 6.92 Å². The lowest BCUT2D eigenvalue weighted by atomic mass is 10.2. The number of hydrogen-bond donors (Lipinski definition) is 3. The predicted octanol–water partition coefficient (Wildman–Crippen LogP) is 3.92. The molecule has 1 unspecified atom stereocenters. The van der Waals surface area contributed by atoms with Gasteiger partial charge in [-0.15, -0.1) is 11.8 Å². The number of carbonyl (C=O) groups excluding carboxylic acids is 1. The quantitative estimate of drug-likeness (QED) is 0.381. The van der Waals surface area contributed by atoms with Gasteiger partial charge in [-0.25, -0.2) is 4.68 Å². The standard InChI is InChI=1S/C21H19ClN6O2S/c1-12(19(29)25-13-7-9-14(31-2)10-8-13)24-21-26-18-15(20(30)27-21)11-23-28(18)17-6-4-3-5-16(17)22/h3-12H,1-2H3,(H,25,29)(H2,24,26,27,30). The molecule has 4 rings (SSSR count). The molecule has 2 aromatic carbocycles. The molecule has 31 heavy (non-hydrogen) atoms. The molecule has 0 saturated carbocycles. The van der Waals surface area contributed by atoms with Crippen LogP contribution in [0.2, 0.25) is 5.02 Å². The minimum absolute atomic E-state index is 0.159. The highest BCUT2D eigenvalue weighted by Crippen LogP contribution is 2.22. The smallest absolute Gasteiger partial charge is 0.263 e. The maximum absolute atomic E-state index is 12.6. The highest BCUT2D eigenvalue weighted by atomic mass is 35.5. The minimum atomic E-state index is -0.655. The first-order valence-corrected chi connectivity index (χ1v) is 11.0. The Morgan fingerprint density at radius 2 is 1.94 bits per heavy atom.